The number of allylic oxidation sites excluding steroid dienone is 3. The zero-order valence-electron chi connectivity index (χ0n) is 8.07. The third-order valence-electron chi connectivity index (χ3n) is 2.42. The van der Waals surface area contributed by atoms with E-state index in [9.17, 15) is 0 Å². The van der Waals surface area contributed by atoms with Crippen molar-refractivity contribution >= 4 is 16.6 Å². The van der Waals surface area contributed by atoms with Gasteiger partial charge in [0.05, 0.1) is 5.69 Å². The molecule has 0 bridgehead atoms. The number of aliphatic imine (C=N–C) groups is 1. The quantitative estimate of drug-likeness (QED) is 0.674. The van der Waals surface area contributed by atoms with Crippen LogP contribution >= 0.6 is 0 Å². The maximum Gasteiger partial charge on any atom is 0.174 e. The van der Waals surface area contributed by atoms with E-state index in [1.165, 1.54) is 5.39 Å². The Bertz CT molecular complexity index is 552. The number of rotatable bonds is 1. The van der Waals surface area contributed by atoms with Crippen molar-refractivity contribution in [3.8, 4) is 0 Å². The van der Waals surface area contributed by atoms with E-state index in [1.54, 1.807) is 6.20 Å². The lowest BCUT2D eigenvalue weighted by Gasteiger charge is -1.90. The summed E-state index contributed by atoms with van der Waals surface area (Å²) in [6.07, 6.45) is 8.41. The van der Waals surface area contributed by atoms with Gasteiger partial charge in [-0.2, -0.15) is 0 Å². The first-order chi connectivity index (χ1) is 7.43. The highest BCUT2D eigenvalue weighted by Gasteiger charge is 2.09. The Hall–Kier alpha value is -2.18. The summed E-state index contributed by atoms with van der Waals surface area (Å²) < 4.78 is 0. The number of aromatic nitrogens is 1. The number of benzene rings is 1. The Morgan fingerprint density at radius 2 is 2.13 bits per heavy atom. The molecule has 0 atom stereocenters. The molecule has 0 saturated carbocycles. The van der Waals surface area contributed by atoms with E-state index in [-0.39, 0.29) is 0 Å². The lowest BCUT2D eigenvalue weighted by Crippen LogP contribution is -1.97. The van der Waals surface area contributed by atoms with E-state index in [1.807, 2.05) is 24.3 Å². The van der Waals surface area contributed by atoms with E-state index in [0.29, 0.717) is 0 Å². The van der Waals surface area contributed by atoms with Crippen molar-refractivity contribution < 1.29 is 0 Å². The van der Waals surface area contributed by atoms with Gasteiger partial charge >= 0.3 is 0 Å². The molecule has 0 spiro atoms. The molecule has 3 rings (SSSR count). The molecule has 70 valence electrons. The molecule has 0 fully saturated rings. The van der Waals surface area contributed by atoms with E-state index < -0.39 is 0 Å². The monoisotopic (exact) mass is 193 g/mol. The second-order valence-electron chi connectivity index (χ2n) is 3.41. The Kier molecular flexibility index (Phi) is 1.74. The van der Waals surface area contributed by atoms with Crippen LogP contribution in [0.5, 0.6) is 0 Å². The minimum absolute atomic E-state index is 0.949. The Morgan fingerprint density at radius 1 is 1.20 bits per heavy atom. The van der Waals surface area contributed by atoms with Crippen molar-refractivity contribution in [3.63, 3.8) is 0 Å². The van der Waals surface area contributed by atoms with Crippen LogP contribution in [0.2, 0.25) is 0 Å². The third-order valence-corrected chi connectivity index (χ3v) is 2.42. The normalized spacial score (nSPS) is 14.0. The van der Waals surface area contributed by atoms with Gasteiger partial charge in [-0.25, -0.2) is 4.99 Å². The van der Waals surface area contributed by atoms with Gasteiger partial charge in [0.15, 0.2) is 18.0 Å². The Morgan fingerprint density at radius 3 is 2.93 bits per heavy atom. The first-order valence-electron chi connectivity index (χ1n) is 4.84. The summed E-state index contributed by atoms with van der Waals surface area (Å²) in [7, 11) is 0. The molecule has 1 aliphatic heterocycles. The Labute approximate surface area is 87.7 Å². The number of nitrogens with zero attached hydrogens (tertiary/aromatic N) is 1. The van der Waals surface area contributed by atoms with Gasteiger partial charge in [-0.15, -0.1) is 0 Å². The molecule has 0 aliphatic carbocycles. The van der Waals surface area contributed by atoms with Crippen molar-refractivity contribution in [2.75, 3.05) is 0 Å². The van der Waals surface area contributed by atoms with E-state index in [4.69, 9.17) is 0 Å². The number of nitrogens with one attached hydrogen (secondary N) is 1. The SMILES string of the molecule is [C+]1=CN=C(c2cc3ccccc3[nH]2)C=C1. The highest BCUT2D eigenvalue weighted by Crippen LogP contribution is 2.16. The van der Waals surface area contributed by atoms with Gasteiger partial charge in [-0.05, 0) is 12.1 Å². The van der Waals surface area contributed by atoms with Crippen LogP contribution in [0.1, 0.15) is 5.69 Å². The molecule has 15 heavy (non-hydrogen) atoms. The number of para-hydroxylation sites is 1. The molecule has 2 heteroatoms. The molecule has 0 radical (unpaired) electrons. The molecule has 1 aromatic heterocycles. The lowest BCUT2D eigenvalue weighted by atomic mass is 10.2. The van der Waals surface area contributed by atoms with Crippen LogP contribution in [0.3, 0.4) is 0 Å². The van der Waals surface area contributed by atoms with Gasteiger partial charge in [0.2, 0.25) is 0 Å². The maximum absolute atomic E-state index is 4.26. The topological polar surface area (TPSA) is 28.1 Å². The van der Waals surface area contributed by atoms with Crippen LogP contribution in [0.25, 0.3) is 10.9 Å². The summed E-state index contributed by atoms with van der Waals surface area (Å²) in [6, 6.07) is 10.3. The van der Waals surface area contributed by atoms with Gasteiger partial charge in [-0.3, -0.25) is 0 Å². The fourth-order valence-electron chi connectivity index (χ4n) is 1.69. The molecule has 1 aliphatic rings. The predicted octanol–water partition coefficient (Wildman–Crippen LogP) is 2.84. The average molecular weight is 193 g/mol. The molecule has 0 amide bonds. The molecule has 2 aromatic rings. The van der Waals surface area contributed by atoms with Crippen LogP contribution < -0.4 is 0 Å². The molecule has 2 nitrogen and oxygen atoms in total. The molecular weight excluding hydrogens is 184 g/mol. The minimum atomic E-state index is 0.949. The number of aromatic amines is 1. The zero-order chi connectivity index (χ0) is 10.1. The first-order valence-corrected chi connectivity index (χ1v) is 4.84. The number of fused-ring (bicyclic) bond motifs is 1. The summed E-state index contributed by atoms with van der Waals surface area (Å²) in [6.45, 7) is 0. The van der Waals surface area contributed by atoms with Crippen LogP contribution in [0, 0.1) is 6.08 Å². The van der Waals surface area contributed by atoms with E-state index in [0.717, 1.165) is 16.9 Å². The van der Waals surface area contributed by atoms with Crippen LogP contribution in [-0.4, -0.2) is 10.7 Å². The fourth-order valence-corrected chi connectivity index (χ4v) is 1.69. The standard InChI is InChI=1S/C13H9N2/c1-2-6-11-10(5-1)9-13(15-11)12-7-3-4-8-14-12/h1-3,5-9,15H/q+1. The largest absolute Gasteiger partial charge is 0.352 e. The van der Waals surface area contributed by atoms with Crippen molar-refractivity contribution in [1.29, 1.82) is 0 Å². The van der Waals surface area contributed by atoms with E-state index in [2.05, 4.69) is 34.3 Å². The molecule has 2 heterocycles. The van der Waals surface area contributed by atoms with Crippen molar-refractivity contribution in [2.24, 2.45) is 4.99 Å². The number of hydrogen-bond acceptors (Lipinski definition) is 1. The molecular formula is C13H9N2+. The lowest BCUT2D eigenvalue weighted by molar-refractivity contribution is 1.39. The highest BCUT2D eigenvalue weighted by molar-refractivity contribution is 6.10. The predicted molar refractivity (Wildman–Crippen MR) is 61.8 cm³/mol. The summed E-state index contributed by atoms with van der Waals surface area (Å²) in [5, 5.41) is 1.21. The number of hydrogen-bond donors (Lipinski definition) is 1. The maximum atomic E-state index is 4.26. The highest BCUT2D eigenvalue weighted by atomic mass is 14.8. The van der Waals surface area contributed by atoms with Gasteiger partial charge in [0.25, 0.3) is 0 Å². The summed E-state index contributed by atoms with van der Waals surface area (Å²) in [5.74, 6) is 0. The van der Waals surface area contributed by atoms with Gasteiger partial charge in [0.1, 0.15) is 12.2 Å². The van der Waals surface area contributed by atoms with Crippen molar-refractivity contribution in [1.82, 2.24) is 4.98 Å². The smallest absolute Gasteiger partial charge is 0.174 e. The first kappa shape index (κ1) is 8.16. The molecule has 0 saturated heterocycles. The second kappa shape index (κ2) is 3.19. The van der Waals surface area contributed by atoms with Crippen molar-refractivity contribution in [2.45, 2.75) is 0 Å². The molecule has 0 unspecified atom stereocenters. The Balaban J connectivity index is 2.16. The van der Waals surface area contributed by atoms with Gasteiger partial charge in [-0.1, -0.05) is 18.2 Å². The average Bonchev–Trinajstić information content (AvgIpc) is 2.74. The number of H-pyrrole nitrogens is 1. The van der Waals surface area contributed by atoms with Gasteiger partial charge < -0.3 is 4.98 Å². The molecule has 1 aromatic carbocycles. The zero-order valence-corrected chi connectivity index (χ0v) is 8.07. The van der Waals surface area contributed by atoms with E-state index >= 15 is 0 Å². The minimum Gasteiger partial charge on any atom is -0.352 e. The van der Waals surface area contributed by atoms with Crippen LogP contribution in [0.4, 0.5) is 0 Å². The fraction of sp³-hybridized carbons (Fsp3) is 0. The molecule has 1 N–H and O–H groups in total. The van der Waals surface area contributed by atoms with Crippen LogP contribution in [0.15, 0.2) is 53.7 Å². The summed E-state index contributed by atoms with van der Waals surface area (Å²) in [4.78, 5) is 7.59. The summed E-state index contributed by atoms with van der Waals surface area (Å²) in [5.41, 5.74) is 3.14. The second-order valence-corrected chi connectivity index (χ2v) is 3.41. The third kappa shape index (κ3) is 1.37. The summed E-state index contributed by atoms with van der Waals surface area (Å²) >= 11 is 0. The van der Waals surface area contributed by atoms with Gasteiger partial charge in [0, 0.05) is 10.9 Å². The van der Waals surface area contributed by atoms with Crippen LogP contribution in [-0.2, 0) is 0 Å². The van der Waals surface area contributed by atoms with Crippen molar-refractivity contribution in [3.05, 3.63) is 60.5 Å².